The van der Waals surface area contributed by atoms with Crippen LogP contribution in [0.5, 0.6) is 0 Å². The van der Waals surface area contributed by atoms with Gasteiger partial charge in [-0.15, -0.1) is 0 Å². The molecule has 122 valence electrons. The van der Waals surface area contributed by atoms with Crippen molar-refractivity contribution in [2.45, 2.75) is 65.7 Å². The fraction of sp³-hybridized carbons (Fsp3) is 0.895. The van der Waals surface area contributed by atoms with Crippen molar-refractivity contribution in [2.24, 2.45) is 28.6 Å². The van der Waals surface area contributed by atoms with Crippen LogP contribution >= 0.6 is 0 Å². The molecule has 0 bridgehead atoms. The molecule has 2 N–H and O–H groups in total. The minimum atomic E-state index is 0.0414. The monoisotopic (exact) mass is 294 g/mol. The van der Waals surface area contributed by atoms with Crippen LogP contribution in [0.1, 0.15) is 65.7 Å². The molecule has 21 heavy (non-hydrogen) atoms. The van der Waals surface area contributed by atoms with E-state index in [0.29, 0.717) is 30.5 Å². The standard InChI is InChI=1S/C19H34O2/c1-15(9-13-20)7-11-18(3)16(2)8-12-19(14-21)10-5-4-6-17(18)19/h5,10,15-17,20-21H,4,6-9,11-14H2,1-3H3/t15-,16-,17+,18-,19-/m0/s1. The molecule has 0 aromatic rings. The van der Waals surface area contributed by atoms with Gasteiger partial charge in [-0.3, -0.25) is 0 Å². The SMILES string of the molecule is C[C@H](CCO)CC[C@@]1(C)[C@@H](C)CC[C@]2(CO)C=CCC[C@@H]21. The quantitative estimate of drug-likeness (QED) is 0.722. The van der Waals surface area contributed by atoms with Gasteiger partial charge < -0.3 is 10.2 Å². The molecule has 0 aromatic carbocycles. The molecular formula is C19H34O2. The highest BCUT2D eigenvalue weighted by Gasteiger charge is 2.52. The first-order chi connectivity index (χ1) is 9.98. The van der Waals surface area contributed by atoms with Crippen LogP contribution in [-0.4, -0.2) is 23.4 Å². The molecule has 1 fully saturated rings. The molecule has 2 aliphatic rings. The Hall–Kier alpha value is -0.340. The van der Waals surface area contributed by atoms with Crippen LogP contribution < -0.4 is 0 Å². The topological polar surface area (TPSA) is 40.5 Å². The molecule has 5 atom stereocenters. The van der Waals surface area contributed by atoms with E-state index in [-0.39, 0.29) is 5.41 Å². The van der Waals surface area contributed by atoms with Gasteiger partial charge in [-0.05, 0) is 61.7 Å². The number of hydrogen-bond donors (Lipinski definition) is 2. The summed E-state index contributed by atoms with van der Waals surface area (Å²) in [6.07, 6.45) is 12.7. The molecule has 2 rings (SSSR count). The largest absolute Gasteiger partial charge is 0.396 e. The fourth-order valence-electron chi connectivity index (χ4n) is 4.97. The number of aliphatic hydroxyl groups excluding tert-OH is 2. The summed E-state index contributed by atoms with van der Waals surface area (Å²) in [6, 6.07) is 0. The maximum absolute atomic E-state index is 10.1. The van der Waals surface area contributed by atoms with E-state index in [2.05, 4.69) is 32.9 Å². The van der Waals surface area contributed by atoms with Crippen molar-refractivity contribution < 1.29 is 10.2 Å². The van der Waals surface area contributed by atoms with Crippen LogP contribution in [-0.2, 0) is 0 Å². The molecule has 2 nitrogen and oxygen atoms in total. The van der Waals surface area contributed by atoms with E-state index >= 15 is 0 Å². The number of aliphatic hydroxyl groups is 2. The van der Waals surface area contributed by atoms with Crippen LogP contribution in [0.15, 0.2) is 12.2 Å². The van der Waals surface area contributed by atoms with Gasteiger partial charge in [0.1, 0.15) is 0 Å². The molecule has 0 heterocycles. The zero-order valence-corrected chi connectivity index (χ0v) is 14.1. The highest BCUT2D eigenvalue weighted by atomic mass is 16.3. The van der Waals surface area contributed by atoms with Crippen molar-refractivity contribution in [1.82, 2.24) is 0 Å². The summed E-state index contributed by atoms with van der Waals surface area (Å²) in [5.74, 6) is 1.95. The van der Waals surface area contributed by atoms with Crippen molar-refractivity contribution in [3.8, 4) is 0 Å². The summed E-state index contributed by atoms with van der Waals surface area (Å²) in [7, 11) is 0. The van der Waals surface area contributed by atoms with Crippen molar-refractivity contribution in [3.05, 3.63) is 12.2 Å². The molecule has 2 aliphatic carbocycles. The molecule has 0 radical (unpaired) electrons. The second-order valence-corrected chi connectivity index (χ2v) is 8.03. The van der Waals surface area contributed by atoms with E-state index in [9.17, 15) is 5.11 Å². The highest BCUT2D eigenvalue weighted by Crippen LogP contribution is 2.59. The second-order valence-electron chi connectivity index (χ2n) is 8.03. The number of allylic oxidation sites excluding steroid dienone is 1. The van der Waals surface area contributed by atoms with E-state index < -0.39 is 0 Å². The van der Waals surface area contributed by atoms with Gasteiger partial charge in [0.2, 0.25) is 0 Å². The summed E-state index contributed by atoms with van der Waals surface area (Å²) in [6.45, 7) is 7.75. The fourth-order valence-corrected chi connectivity index (χ4v) is 4.97. The van der Waals surface area contributed by atoms with E-state index in [0.717, 1.165) is 18.8 Å². The number of fused-ring (bicyclic) bond motifs is 1. The summed E-state index contributed by atoms with van der Waals surface area (Å²) < 4.78 is 0. The Morgan fingerprint density at radius 2 is 2.00 bits per heavy atom. The third-order valence-corrected chi connectivity index (χ3v) is 6.82. The average Bonchev–Trinajstić information content (AvgIpc) is 2.50. The van der Waals surface area contributed by atoms with E-state index in [1.165, 1.54) is 32.1 Å². The first-order valence-electron chi connectivity index (χ1n) is 8.88. The molecule has 0 aromatic heterocycles. The maximum atomic E-state index is 10.1. The lowest BCUT2D eigenvalue weighted by Crippen LogP contribution is -2.51. The van der Waals surface area contributed by atoms with Crippen LogP contribution in [0, 0.1) is 28.6 Å². The van der Waals surface area contributed by atoms with Gasteiger partial charge in [-0.25, -0.2) is 0 Å². The van der Waals surface area contributed by atoms with Gasteiger partial charge in [0.15, 0.2) is 0 Å². The van der Waals surface area contributed by atoms with Gasteiger partial charge in [0.05, 0.1) is 6.61 Å². The minimum Gasteiger partial charge on any atom is -0.396 e. The third kappa shape index (κ3) is 3.22. The predicted octanol–water partition coefficient (Wildman–Crippen LogP) is 4.17. The van der Waals surface area contributed by atoms with E-state index in [1.54, 1.807) is 0 Å². The molecular weight excluding hydrogens is 260 g/mol. The minimum absolute atomic E-state index is 0.0414. The first-order valence-corrected chi connectivity index (χ1v) is 8.88. The summed E-state index contributed by atoms with van der Waals surface area (Å²) in [5, 5.41) is 19.2. The van der Waals surface area contributed by atoms with Crippen LogP contribution in [0.2, 0.25) is 0 Å². The predicted molar refractivity (Wildman–Crippen MR) is 88.0 cm³/mol. The Kier molecular flexibility index (Phi) is 5.54. The number of hydrogen-bond acceptors (Lipinski definition) is 2. The molecule has 0 saturated heterocycles. The Morgan fingerprint density at radius 1 is 1.24 bits per heavy atom. The lowest BCUT2D eigenvalue weighted by molar-refractivity contribution is -0.0749. The third-order valence-electron chi connectivity index (χ3n) is 6.82. The normalized spacial score (nSPS) is 40.8. The first kappa shape index (κ1) is 17.0. The van der Waals surface area contributed by atoms with Crippen molar-refractivity contribution in [2.75, 3.05) is 13.2 Å². The molecule has 1 saturated carbocycles. The summed E-state index contributed by atoms with van der Waals surface area (Å²) in [4.78, 5) is 0. The van der Waals surface area contributed by atoms with E-state index in [1.807, 2.05) is 0 Å². The van der Waals surface area contributed by atoms with Crippen LogP contribution in [0.3, 0.4) is 0 Å². The maximum Gasteiger partial charge on any atom is 0.0524 e. The summed E-state index contributed by atoms with van der Waals surface area (Å²) in [5.41, 5.74) is 0.370. The zero-order chi connectivity index (χ0) is 15.5. The van der Waals surface area contributed by atoms with Gasteiger partial charge >= 0.3 is 0 Å². The van der Waals surface area contributed by atoms with Gasteiger partial charge in [0.25, 0.3) is 0 Å². The average molecular weight is 294 g/mol. The molecule has 2 heteroatoms. The molecule has 0 amide bonds. The number of rotatable bonds is 6. The zero-order valence-electron chi connectivity index (χ0n) is 14.1. The lowest BCUT2D eigenvalue weighted by Gasteiger charge is -2.57. The highest BCUT2D eigenvalue weighted by molar-refractivity contribution is 5.14. The van der Waals surface area contributed by atoms with Gasteiger partial charge in [-0.1, -0.05) is 39.3 Å². The molecule has 0 unspecified atom stereocenters. The van der Waals surface area contributed by atoms with Crippen molar-refractivity contribution in [3.63, 3.8) is 0 Å². The Balaban J connectivity index is 2.16. The van der Waals surface area contributed by atoms with Gasteiger partial charge in [-0.2, -0.15) is 0 Å². The smallest absolute Gasteiger partial charge is 0.0524 e. The Morgan fingerprint density at radius 3 is 2.67 bits per heavy atom. The Bertz CT molecular complexity index is 365. The molecule has 0 spiro atoms. The molecule has 0 aliphatic heterocycles. The van der Waals surface area contributed by atoms with Crippen molar-refractivity contribution in [1.29, 1.82) is 0 Å². The van der Waals surface area contributed by atoms with Crippen LogP contribution in [0.25, 0.3) is 0 Å². The summed E-state index contributed by atoms with van der Waals surface area (Å²) >= 11 is 0. The Labute approximate surface area is 130 Å². The van der Waals surface area contributed by atoms with E-state index in [4.69, 9.17) is 5.11 Å². The lowest BCUT2D eigenvalue weighted by atomic mass is 9.48. The van der Waals surface area contributed by atoms with Crippen molar-refractivity contribution >= 4 is 0 Å². The second kappa shape index (κ2) is 6.83. The van der Waals surface area contributed by atoms with Crippen LogP contribution in [0.4, 0.5) is 0 Å². The van der Waals surface area contributed by atoms with Gasteiger partial charge in [0, 0.05) is 12.0 Å².